The predicted molar refractivity (Wildman–Crippen MR) is 125 cm³/mol. The number of hydrogen-bond donors (Lipinski definition) is 3. The molecule has 2 saturated heterocycles. The number of nitrogens with one attached hydrogen (secondary N) is 1. The first-order chi connectivity index (χ1) is 16.5. The van der Waals surface area contributed by atoms with E-state index in [1.807, 2.05) is 41.7 Å². The first-order valence-corrected chi connectivity index (χ1v) is 12.4. The van der Waals surface area contributed by atoms with E-state index in [0.717, 1.165) is 55.3 Å². The summed E-state index contributed by atoms with van der Waals surface area (Å²) in [6.07, 6.45) is 6.55. The van der Waals surface area contributed by atoms with Crippen molar-refractivity contribution in [2.45, 2.75) is 62.6 Å². The van der Waals surface area contributed by atoms with E-state index in [9.17, 15) is 19.5 Å². The minimum atomic E-state index is -1.13. The summed E-state index contributed by atoms with van der Waals surface area (Å²) < 4.78 is 0. The maximum Gasteiger partial charge on any atom is 0.291 e. The third kappa shape index (κ3) is 3.03. The summed E-state index contributed by atoms with van der Waals surface area (Å²) >= 11 is 0. The van der Waals surface area contributed by atoms with Gasteiger partial charge in [-0.3, -0.25) is 19.3 Å². The van der Waals surface area contributed by atoms with Gasteiger partial charge in [-0.15, -0.1) is 0 Å². The van der Waals surface area contributed by atoms with Crippen molar-refractivity contribution in [1.29, 1.82) is 0 Å². The number of fused-ring (bicyclic) bond motifs is 4. The molecule has 1 spiro atoms. The third-order valence-electron chi connectivity index (χ3n) is 8.41. The van der Waals surface area contributed by atoms with Crippen LogP contribution in [-0.2, 0) is 26.3 Å². The molecule has 4 N–H and O–H groups in total. The predicted octanol–water partition coefficient (Wildman–Crippen LogP) is 2.05. The lowest BCUT2D eigenvalue weighted by molar-refractivity contribution is -0.733. The summed E-state index contributed by atoms with van der Waals surface area (Å²) in [5, 5.41) is 14.7. The van der Waals surface area contributed by atoms with Crippen molar-refractivity contribution >= 4 is 23.4 Å². The number of nitrogens with zero attached hydrogens (tertiary/aromatic N) is 1. The Kier molecular flexibility index (Phi) is 4.99. The Balaban J connectivity index is 1.44. The van der Waals surface area contributed by atoms with Crippen LogP contribution in [0.3, 0.4) is 0 Å². The molecule has 34 heavy (non-hydrogen) atoms. The molecule has 2 aromatic carbocycles. The van der Waals surface area contributed by atoms with Crippen LogP contribution in [-0.4, -0.2) is 39.8 Å². The van der Waals surface area contributed by atoms with Crippen molar-refractivity contribution in [3.05, 3.63) is 59.7 Å². The maximum atomic E-state index is 14.0. The van der Waals surface area contributed by atoms with E-state index in [1.165, 1.54) is 0 Å². The average molecular weight is 461 g/mol. The van der Waals surface area contributed by atoms with Gasteiger partial charge in [-0.05, 0) is 36.6 Å². The lowest BCUT2D eigenvalue weighted by Crippen LogP contribution is -2.99. The normalized spacial score (nSPS) is 31.0. The van der Waals surface area contributed by atoms with Crippen LogP contribution in [0.2, 0.25) is 0 Å². The van der Waals surface area contributed by atoms with Crippen LogP contribution in [0.1, 0.15) is 49.7 Å². The van der Waals surface area contributed by atoms with Gasteiger partial charge in [0.25, 0.3) is 5.91 Å². The molecule has 0 aromatic heterocycles. The monoisotopic (exact) mass is 460 g/mol. The molecule has 6 rings (SSSR count). The summed E-state index contributed by atoms with van der Waals surface area (Å²) in [6.45, 7) is 0. The van der Waals surface area contributed by atoms with E-state index in [2.05, 4.69) is 5.32 Å². The number of carbonyl (C=O) groups excluding carboxylic acids is 3. The van der Waals surface area contributed by atoms with Crippen molar-refractivity contribution in [1.82, 2.24) is 4.90 Å². The lowest BCUT2D eigenvalue weighted by Gasteiger charge is -2.30. The molecule has 0 bridgehead atoms. The second-order valence-electron chi connectivity index (χ2n) is 10.3. The summed E-state index contributed by atoms with van der Waals surface area (Å²) in [7, 11) is 0. The van der Waals surface area contributed by atoms with E-state index in [1.54, 1.807) is 17.0 Å². The number of amides is 3. The van der Waals surface area contributed by atoms with Gasteiger partial charge < -0.3 is 15.7 Å². The Labute approximate surface area is 198 Å². The number of anilines is 1. The number of likely N-dealkylation sites (tertiary alicyclic amines) is 1. The maximum absolute atomic E-state index is 14.0. The summed E-state index contributed by atoms with van der Waals surface area (Å²) in [5.41, 5.74) is 1.36. The van der Waals surface area contributed by atoms with E-state index in [0.29, 0.717) is 6.42 Å². The zero-order chi connectivity index (χ0) is 23.4. The standard InChI is InChI=1S/C27H29N3O4/c31-18-13-11-16(12-14-18)15-21-22-23(25(33)30(24(22)32)17-7-3-1-2-4-8-17)27(29-21)19-9-5-6-10-20(19)28-26(27)34/h5-6,9-14,17,21-23,29,31H,1-4,7-8,15H2,(H,28,34)/p+1/t21-,22-,23+,27-/m1/s1. The molecule has 0 unspecified atom stereocenters. The van der Waals surface area contributed by atoms with Crippen LogP contribution in [0.15, 0.2) is 48.5 Å². The van der Waals surface area contributed by atoms with Crippen molar-refractivity contribution in [3.8, 4) is 5.75 Å². The zero-order valence-corrected chi connectivity index (χ0v) is 19.1. The minimum Gasteiger partial charge on any atom is -0.508 e. The Morgan fingerprint density at radius 1 is 0.941 bits per heavy atom. The van der Waals surface area contributed by atoms with Gasteiger partial charge in [0.1, 0.15) is 23.6 Å². The van der Waals surface area contributed by atoms with Crippen LogP contribution in [0.25, 0.3) is 0 Å². The molecule has 3 aliphatic heterocycles. The number of imide groups is 1. The molecule has 176 valence electrons. The van der Waals surface area contributed by atoms with E-state index < -0.39 is 17.4 Å². The number of rotatable bonds is 3. The highest BCUT2D eigenvalue weighted by atomic mass is 16.3. The molecule has 0 radical (unpaired) electrons. The number of aromatic hydroxyl groups is 1. The number of quaternary nitrogens is 1. The molecule has 2 aromatic rings. The smallest absolute Gasteiger partial charge is 0.291 e. The van der Waals surface area contributed by atoms with Gasteiger partial charge in [0.15, 0.2) is 0 Å². The Morgan fingerprint density at radius 2 is 1.65 bits per heavy atom. The third-order valence-corrected chi connectivity index (χ3v) is 8.41. The van der Waals surface area contributed by atoms with E-state index in [4.69, 9.17) is 0 Å². The Bertz CT molecular complexity index is 1150. The molecule has 3 heterocycles. The second kappa shape index (κ2) is 7.94. The summed E-state index contributed by atoms with van der Waals surface area (Å²) in [5.74, 6) is -1.59. The highest BCUT2D eigenvalue weighted by molar-refractivity contribution is 6.14. The fourth-order valence-electron chi connectivity index (χ4n) is 6.91. The second-order valence-corrected chi connectivity index (χ2v) is 10.3. The minimum absolute atomic E-state index is 0.0702. The van der Waals surface area contributed by atoms with E-state index >= 15 is 0 Å². The molecule has 4 aliphatic rings. The number of nitrogens with two attached hydrogens (primary N) is 1. The fourth-order valence-corrected chi connectivity index (χ4v) is 6.91. The molecule has 3 fully saturated rings. The topological polar surface area (TPSA) is 103 Å². The van der Waals surface area contributed by atoms with Gasteiger partial charge in [0.05, 0.1) is 5.69 Å². The molecule has 4 atom stereocenters. The number of para-hydroxylation sites is 1. The first kappa shape index (κ1) is 21.4. The average Bonchev–Trinajstić information content (AvgIpc) is 3.29. The molecule has 1 aliphatic carbocycles. The molecular formula is C27H30N3O4+. The van der Waals surface area contributed by atoms with Crippen LogP contribution >= 0.6 is 0 Å². The van der Waals surface area contributed by atoms with Crippen molar-refractivity contribution in [2.75, 3.05) is 5.32 Å². The number of hydrogen-bond acceptors (Lipinski definition) is 4. The van der Waals surface area contributed by atoms with Gasteiger partial charge in [0, 0.05) is 18.0 Å². The van der Waals surface area contributed by atoms with Crippen LogP contribution in [0.4, 0.5) is 5.69 Å². The molecule has 3 amide bonds. The number of carbonyl (C=O) groups is 3. The highest BCUT2D eigenvalue weighted by Crippen LogP contribution is 2.50. The van der Waals surface area contributed by atoms with Crippen molar-refractivity contribution in [3.63, 3.8) is 0 Å². The lowest BCUT2D eigenvalue weighted by atomic mass is 9.76. The molecule has 7 heteroatoms. The largest absolute Gasteiger partial charge is 0.508 e. The fraction of sp³-hybridized carbons (Fsp3) is 0.444. The quantitative estimate of drug-likeness (QED) is 0.482. The Morgan fingerprint density at radius 3 is 2.38 bits per heavy atom. The molecule has 7 nitrogen and oxygen atoms in total. The zero-order valence-electron chi connectivity index (χ0n) is 19.1. The van der Waals surface area contributed by atoms with Gasteiger partial charge in [-0.2, -0.15) is 0 Å². The number of phenolic OH excluding ortho intramolecular Hbond substituents is 1. The van der Waals surface area contributed by atoms with Gasteiger partial charge in [-0.1, -0.05) is 56.0 Å². The number of benzene rings is 2. The van der Waals surface area contributed by atoms with E-state index in [-0.39, 0.29) is 35.6 Å². The van der Waals surface area contributed by atoms with Crippen LogP contribution in [0, 0.1) is 11.8 Å². The van der Waals surface area contributed by atoms with Crippen molar-refractivity contribution in [2.24, 2.45) is 11.8 Å². The SMILES string of the molecule is O=C1[C@H]2[C@@H](C(=O)N1C1CCCCCC1)[C@@]1([NH2+][C@@H]2Cc2ccc(O)cc2)C(=O)Nc2ccccc21. The number of phenols is 1. The Hall–Kier alpha value is -3.19. The van der Waals surface area contributed by atoms with Crippen LogP contribution in [0.5, 0.6) is 5.75 Å². The van der Waals surface area contributed by atoms with Gasteiger partial charge in [-0.25, -0.2) is 0 Å². The summed E-state index contributed by atoms with van der Waals surface area (Å²) in [4.78, 5) is 43.1. The molecule has 1 saturated carbocycles. The molecular weight excluding hydrogens is 430 g/mol. The summed E-state index contributed by atoms with van der Waals surface area (Å²) in [6, 6.07) is 14.2. The van der Waals surface area contributed by atoms with Crippen molar-refractivity contribution < 1.29 is 24.8 Å². The van der Waals surface area contributed by atoms with Crippen LogP contribution < -0.4 is 10.6 Å². The first-order valence-electron chi connectivity index (χ1n) is 12.4. The highest BCUT2D eigenvalue weighted by Gasteiger charge is 2.74. The van der Waals surface area contributed by atoms with Gasteiger partial charge >= 0.3 is 0 Å². The van der Waals surface area contributed by atoms with Gasteiger partial charge in [0.2, 0.25) is 17.4 Å².